The normalized spacial score (nSPS) is 27.6. The molecule has 7 rings (SSSR count). The summed E-state index contributed by atoms with van der Waals surface area (Å²) >= 11 is 0. The summed E-state index contributed by atoms with van der Waals surface area (Å²) < 4.78 is 5.66. The van der Waals surface area contributed by atoms with Gasteiger partial charge in [-0.05, 0) is 105 Å². The Kier molecular flexibility index (Phi) is 4.82. The van der Waals surface area contributed by atoms with Gasteiger partial charge in [0.15, 0.2) is 5.76 Å². The number of para-hydroxylation sites is 1. The topological polar surface area (TPSA) is 71.3 Å². The van der Waals surface area contributed by atoms with Crippen LogP contribution in [0.25, 0.3) is 11.0 Å². The number of rotatable bonds is 5. The second-order valence-corrected chi connectivity index (χ2v) is 10.8. The van der Waals surface area contributed by atoms with Crippen LogP contribution in [0, 0.1) is 30.1 Å². The van der Waals surface area contributed by atoms with Crippen LogP contribution in [0.4, 0.5) is 11.4 Å². The Morgan fingerprint density at radius 3 is 2.30 bits per heavy atom. The minimum absolute atomic E-state index is 0.121. The molecule has 170 valence electrons. The van der Waals surface area contributed by atoms with E-state index in [2.05, 4.69) is 10.6 Å². The van der Waals surface area contributed by atoms with Crippen LogP contribution in [0.2, 0.25) is 0 Å². The number of hydrogen-bond acceptors (Lipinski definition) is 3. The molecule has 33 heavy (non-hydrogen) atoms. The Bertz CT molecular complexity index is 1170. The highest BCUT2D eigenvalue weighted by atomic mass is 16.3. The van der Waals surface area contributed by atoms with Crippen molar-refractivity contribution in [1.82, 2.24) is 0 Å². The first-order valence-corrected chi connectivity index (χ1v) is 12.2. The lowest BCUT2D eigenvalue weighted by molar-refractivity contribution is -0.124. The number of carbonyl (C=O) groups is 2. The second-order valence-electron chi connectivity index (χ2n) is 10.8. The molecule has 5 nitrogen and oxygen atoms in total. The molecule has 1 heterocycles. The molecule has 4 bridgehead atoms. The second kappa shape index (κ2) is 7.75. The standard InChI is InChI=1S/C28H30N2O3/c1-17-8-22(29-26(31)16-28-13-18-9-19(14-28)11-20(10-18)15-28)6-7-23(17)30-27(32)25-12-21-4-2-3-5-24(21)33-25/h2-8,12,18-20H,9-11,13-16H2,1H3,(H,29,31)(H,30,32). The van der Waals surface area contributed by atoms with Gasteiger partial charge in [-0.25, -0.2) is 0 Å². The Hall–Kier alpha value is -3.08. The van der Waals surface area contributed by atoms with Crippen molar-refractivity contribution in [2.24, 2.45) is 23.2 Å². The zero-order chi connectivity index (χ0) is 22.6. The average molecular weight is 443 g/mol. The van der Waals surface area contributed by atoms with Crippen LogP contribution < -0.4 is 10.6 Å². The summed E-state index contributed by atoms with van der Waals surface area (Å²) in [5, 5.41) is 6.94. The van der Waals surface area contributed by atoms with Crippen molar-refractivity contribution < 1.29 is 14.0 Å². The molecule has 0 unspecified atom stereocenters. The number of hydrogen-bond donors (Lipinski definition) is 2. The molecule has 2 aromatic carbocycles. The van der Waals surface area contributed by atoms with Crippen LogP contribution in [0.3, 0.4) is 0 Å². The molecule has 0 spiro atoms. The number of benzene rings is 2. The van der Waals surface area contributed by atoms with Gasteiger partial charge in [0.25, 0.3) is 5.91 Å². The minimum Gasteiger partial charge on any atom is -0.451 e. The van der Waals surface area contributed by atoms with Crippen molar-refractivity contribution in [3.8, 4) is 0 Å². The van der Waals surface area contributed by atoms with Gasteiger partial charge in [0, 0.05) is 23.2 Å². The molecule has 4 fully saturated rings. The summed E-state index contributed by atoms with van der Waals surface area (Å²) in [6.07, 6.45) is 8.51. The SMILES string of the molecule is Cc1cc(NC(=O)CC23CC4CC(CC(C4)C2)C3)ccc1NC(=O)c1cc2ccccc2o1. The highest BCUT2D eigenvalue weighted by Crippen LogP contribution is 2.61. The molecule has 0 aliphatic heterocycles. The monoisotopic (exact) mass is 442 g/mol. The van der Waals surface area contributed by atoms with E-state index in [0.717, 1.165) is 34.4 Å². The third-order valence-corrected chi connectivity index (χ3v) is 8.11. The van der Waals surface area contributed by atoms with Crippen molar-refractivity contribution in [3.05, 3.63) is 59.9 Å². The molecule has 1 aromatic heterocycles. The fourth-order valence-electron chi connectivity index (χ4n) is 7.21. The molecule has 4 aliphatic rings. The molecule has 2 N–H and O–H groups in total. The molecule has 4 aliphatic carbocycles. The molecule has 5 heteroatoms. The predicted octanol–water partition coefficient (Wildman–Crippen LogP) is 6.54. The lowest BCUT2D eigenvalue weighted by Gasteiger charge is -2.56. The van der Waals surface area contributed by atoms with Crippen molar-refractivity contribution in [3.63, 3.8) is 0 Å². The minimum atomic E-state index is -0.284. The summed E-state index contributed by atoms with van der Waals surface area (Å²) in [7, 11) is 0. The molecular formula is C28H30N2O3. The summed E-state index contributed by atoms with van der Waals surface area (Å²) in [6, 6.07) is 14.9. The zero-order valence-corrected chi connectivity index (χ0v) is 19.0. The number of anilines is 2. The quantitative estimate of drug-likeness (QED) is 0.471. The fraction of sp³-hybridized carbons (Fsp3) is 0.429. The largest absolute Gasteiger partial charge is 0.451 e. The van der Waals surface area contributed by atoms with Gasteiger partial charge >= 0.3 is 0 Å². The number of furan rings is 1. The van der Waals surface area contributed by atoms with Crippen molar-refractivity contribution in [1.29, 1.82) is 0 Å². The highest BCUT2D eigenvalue weighted by Gasteiger charge is 2.51. The number of fused-ring (bicyclic) bond motifs is 1. The lowest BCUT2D eigenvalue weighted by Crippen LogP contribution is -2.47. The third kappa shape index (κ3) is 3.94. The molecule has 4 saturated carbocycles. The van der Waals surface area contributed by atoms with Gasteiger partial charge in [0.1, 0.15) is 5.58 Å². The van der Waals surface area contributed by atoms with Crippen LogP contribution >= 0.6 is 0 Å². The first kappa shape index (κ1) is 20.5. The Labute approximate surface area is 193 Å². The zero-order valence-electron chi connectivity index (χ0n) is 19.0. The maximum absolute atomic E-state index is 12.9. The van der Waals surface area contributed by atoms with Crippen molar-refractivity contribution in [2.75, 3.05) is 10.6 Å². The fourth-order valence-corrected chi connectivity index (χ4v) is 7.21. The van der Waals surface area contributed by atoms with Gasteiger partial charge in [-0.1, -0.05) is 18.2 Å². The number of aryl methyl sites for hydroxylation is 1. The summed E-state index contributed by atoms with van der Waals surface area (Å²) in [6.45, 7) is 1.93. The Balaban J connectivity index is 1.11. The van der Waals surface area contributed by atoms with Crippen molar-refractivity contribution in [2.45, 2.75) is 51.9 Å². The molecular weight excluding hydrogens is 412 g/mol. The van der Waals surface area contributed by atoms with Gasteiger partial charge < -0.3 is 15.1 Å². The van der Waals surface area contributed by atoms with E-state index in [1.807, 2.05) is 49.4 Å². The van der Waals surface area contributed by atoms with Crippen LogP contribution in [-0.4, -0.2) is 11.8 Å². The van der Waals surface area contributed by atoms with Crippen LogP contribution in [0.1, 0.15) is 61.1 Å². The van der Waals surface area contributed by atoms with E-state index in [1.165, 1.54) is 38.5 Å². The maximum Gasteiger partial charge on any atom is 0.291 e. The van der Waals surface area contributed by atoms with Gasteiger partial charge in [0.2, 0.25) is 5.91 Å². The van der Waals surface area contributed by atoms with E-state index in [-0.39, 0.29) is 23.0 Å². The van der Waals surface area contributed by atoms with Crippen LogP contribution in [0.15, 0.2) is 52.9 Å². The number of carbonyl (C=O) groups excluding carboxylic acids is 2. The molecule has 0 radical (unpaired) electrons. The van der Waals surface area contributed by atoms with E-state index in [1.54, 1.807) is 6.07 Å². The first-order chi connectivity index (χ1) is 15.9. The molecule has 0 atom stereocenters. The van der Waals surface area contributed by atoms with E-state index in [9.17, 15) is 9.59 Å². The maximum atomic E-state index is 12.9. The number of nitrogens with one attached hydrogen (secondary N) is 2. The Morgan fingerprint density at radius 1 is 0.939 bits per heavy atom. The lowest BCUT2D eigenvalue weighted by atomic mass is 9.49. The van der Waals surface area contributed by atoms with Gasteiger partial charge in [-0.2, -0.15) is 0 Å². The van der Waals surface area contributed by atoms with E-state index in [4.69, 9.17) is 4.42 Å². The summed E-state index contributed by atoms with van der Waals surface area (Å²) in [4.78, 5) is 25.6. The van der Waals surface area contributed by atoms with Gasteiger partial charge in [0.05, 0.1) is 0 Å². The third-order valence-electron chi connectivity index (χ3n) is 8.11. The molecule has 0 saturated heterocycles. The first-order valence-electron chi connectivity index (χ1n) is 12.2. The summed E-state index contributed by atoms with van der Waals surface area (Å²) in [5.41, 5.74) is 3.31. The molecule has 3 aromatic rings. The average Bonchev–Trinajstić information content (AvgIpc) is 3.19. The highest BCUT2D eigenvalue weighted by molar-refractivity contribution is 6.05. The molecule has 2 amide bonds. The van der Waals surface area contributed by atoms with Gasteiger partial charge in [-0.15, -0.1) is 0 Å². The Morgan fingerprint density at radius 2 is 1.64 bits per heavy atom. The van der Waals surface area contributed by atoms with Crippen molar-refractivity contribution >= 4 is 34.2 Å². The van der Waals surface area contributed by atoms with Gasteiger partial charge in [-0.3, -0.25) is 9.59 Å². The summed E-state index contributed by atoms with van der Waals surface area (Å²) in [5.74, 6) is 2.66. The smallest absolute Gasteiger partial charge is 0.291 e. The van der Waals surface area contributed by atoms with E-state index >= 15 is 0 Å². The predicted molar refractivity (Wildman–Crippen MR) is 129 cm³/mol. The number of amides is 2. The van der Waals surface area contributed by atoms with E-state index in [0.29, 0.717) is 17.7 Å². The van der Waals surface area contributed by atoms with E-state index < -0.39 is 0 Å². The van der Waals surface area contributed by atoms with Crippen LogP contribution in [0.5, 0.6) is 0 Å². The van der Waals surface area contributed by atoms with Crippen LogP contribution in [-0.2, 0) is 4.79 Å².